The Balaban J connectivity index is 1.45. The van der Waals surface area contributed by atoms with Crippen molar-refractivity contribution in [1.29, 1.82) is 0 Å². The van der Waals surface area contributed by atoms with E-state index in [0.29, 0.717) is 25.3 Å². The number of pyridine rings is 1. The molecule has 2 aromatic rings. The summed E-state index contributed by atoms with van der Waals surface area (Å²) in [5.74, 6) is -0.250. The fourth-order valence-corrected chi connectivity index (χ4v) is 3.48. The highest BCUT2D eigenvalue weighted by atomic mass is 16.5. The number of hydrogen-bond donors (Lipinski definition) is 1. The van der Waals surface area contributed by atoms with Crippen molar-refractivity contribution in [1.82, 2.24) is 14.8 Å². The Kier molecular flexibility index (Phi) is 5.36. The van der Waals surface area contributed by atoms with E-state index in [1.54, 1.807) is 12.1 Å². The smallest absolute Gasteiger partial charge is 0.248 e. The van der Waals surface area contributed by atoms with Crippen molar-refractivity contribution in [2.24, 2.45) is 5.73 Å². The van der Waals surface area contributed by atoms with Crippen LogP contribution in [0.15, 0.2) is 42.5 Å². The van der Waals surface area contributed by atoms with Crippen molar-refractivity contribution in [3.63, 3.8) is 0 Å². The normalized spacial score (nSPS) is 19.9. The van der Waals surface area contributed by atoms with E-state index in [4.69, 9.17) is 15.5 Å². The van der Waals surface area contributed by atoms with Crippen LogP contribution in [0, 0.1) is 0 Å². The van der Waals surface area contributed by atoms with E-state index in [-0.39, 0.29) is 12.0 Å². The molecule has 2 N–H and O–H groups in total. The number of hydrogen-bond acceptors (Lipinski definition) is 5. The first-order valence-corrected chi connectivity index (χ1v) is 9.59. The molecule has 0 unspecified atom stereocenters. The molecule has 146 valence electrons. The number of aromatic nitrogens is 1. The predicted octanol–water partition coefficient (Wildman–Crippen LogP) is 1.45. The molecule has 2 saturated heterocycles. The number of ether oxygens (including phenoxy) is 1. The summed E-state index contributed by atoms with van der Waals surface area (Å²) in [4.78, 5) is 32.3. The zero-order valence-corrected chi connectivity index (χ0v) is 15.7. The van der Waals surface area contributed by atoms with E-state index in [1.165, 1.54) is 0 Å². The third kappa shape index (κ3) is 4.05. The lowest BCUT2D eigenvalue weighted by Gasteiger charge is -2.36. The van der Waals surface area contributed by atoms with Gasteiger partial charge in [-0.2, -0.15) is 0 Å². The SMILES string of the molecule is NC(=O)c1ccc(-c2cccc([C@@H]3CN(CC(=O)N4CCC4)CCO3)n2)cc1. The van der Waals surface area contributed by atoms with Crippen LogP contribution in [0.1, 0.15) is 28.6 Å². The summed E-state index contributed by atoms with van der Waals surface area (Å²) >= 11 is 0. The summed E-state index contributed by atoms with van der Waals surface area (Å²) in [5, 5.41) is 0. The van der Waals surface area contributed by atoms with Crippen molar-refractivity contribution in [3.8, 4) is 11.3 Å². The highest BCUT2D eigenvalue weighted by Gasteiger charge is 2.27. The van der Waals surface area contributed by atoms with Gasteiger partial charge in [0.1, 0.15) is 6.10 Å². The number of likely N-dealkylation sites (tertiary alicyclic amines) is 1. The predicted molar refractivity (Wildman–Crippen MR) is 105 cm³/mol. The molecule has 4 rings (SSSR count). The average molecular weight is 380 g/mol. The van der Waals surface area contributed by atoms with Crippen LogP contribution in [0.4, 0.5) is 0 Å². The number of rotatable bonds is 5. The fraction of sp³-hybridized carbons (Fsp3) is 0.381. The zero-order chi connectivity index (χ0) is 19.5. The Bertz CT molecular complexity index is 864. The lowest BCUT2D eigenvalue weighted by Crippen LogP contribution is -2.49. The Morgan fingerprint density at radius 1 is 1.11 bits per heavy atom. The van der Waals surface area contributed by atoms with Gasteiger partial charge in [-0.25, -0.2) is 0 Å². The molecule has 1 atom stereocenters. The van der Waals surface area contributed by atoms with E-state index in [9.17, 15) is 9.59 Å². The second kappa shape index (κ2) is 8.08. The molecule has 0 aliphatic carbocycles. The van der Waals surface area contributed by atoms with Crippen LogP contribution in [0.5, 0.6) is 0 Å². The molecule has 0 bridgehead atoms. The summed E-state index contributed by atoms with van der Waals surface area (Å²) in [6, 6.07) is 12.9. The van der Waals surface area contributed by atoms with E-state index >= 15 is 0 Å². The Hall–Kier alpha value is -2.77. The molecular weight excluding hydrogens is 356 g/mol. The Labute approximate surface area is 164 Å². The fourth-order valence-electron chi connectivity index (χ4n) is 3.48. The van der Waals surface area contributed by atoms with Gasteiger partial charge in [0.2, 0.25) is 11.8 Å². The number of primary amides is 1. The Morgan fingerprint density at radius 3 is 2.57 bits per heavy atom. The number of benzene rings is 1. The van der Waals surface area contributed by atoms with Gasteiger partial charge in [0.15, 0.2) is 0 Å². The van der Waals surface area contributed by atoms with Gasteiger partial charge in [0, 0.05) is 37.3 Å². The van der Waals surface area contributed by atoms with Gasteiger partial charge in [-0.15, -0.1) is 0 Å². The monoisotopic (exact) mass is 380 g/mol. The molecule has 3 heterocycles. The topological polar surface area (TPSA) is 88.8 Å². The van der Waals surface area contributed by atoms with Crippen molar-refractivity contribution < 1.29 is 14.3 Å². The quantitative estimate of drug-likeness (QED) is 0.848. The molecule has 7 nitrogen and oxygen atoms in total. The maximum absolute atomic E-state index is 12.2. The average Bonchev–Trinajstić information content (AvgIpc) is 2.67. The highest BCUT2D eigenvalue weighted by molar-refractivity contribution is 5.93. The van der Waals surface area contributed by atoms with Crippen molar-refractivity contribution in [3.05, 3.63) is 53.7 Å². The van der Waals surface area contributed by atoms with Crippen LogP contribution in [0.2, 0.25) is 0 Å². The number of nitrogens with zero attached hydrogens (tertiary/aromatic N) is 3. The van der Waals surface area contributed by atoms with Gasteiger partial charge in [0.05, 0.1) is 24.5 Å². The van der Waals surface area contributed by atoms with E-state index in [0.717, 1.165) is 43.0 Å². The molecule has 1 aromatic carbocycles. The molecule has 28 heavy (non-hydrogen) atoms. The third-order valence-corrected chi connectivity index (χ3v) is 5.28. The van der Waals surface area contributed by atoms with Crippen LogP contribution in [0.3, 0.4) is 0 Å². The minimum Gasteiger partial charge on any atom is -0.369 e. The third-order valence-electron chi connectivity index (χ3n) is 5.28. The number of morpholine rings is 1. The second-order valence-electron chi connectivity index (χ2n) is 7.22. The van der Waals surface area contributed by atoms with E-state index in [1.807, 2.05) is 35.2 Å². The standard InChI is InChI=1S/C21H24N4O3/c22-21(27)16-7-5-15(6-8-16)17-3-1-4-18(23-17)19-13-24(11-12-28-19)14-20(26)25-9-2-10-25/h1,3-8,19H,2,9-14H2,(H2,22,27)/t19-/m0/s1. The first kappa shape index (κ1) is 18.6. The van der Waals surface area contributed by atoms with Crippen LogP contribution >= 0.6 is 0 Å². The summed E-state index contributed by atoms with van der Waals surface area (Å²) in [6.45, 7) is 4.18. The molecule has 7 heteroatoms. The van der Waals surface area contributed by atoms with Crippen LogP contribution < -0.4 is 5.73 Å². The van der Waals surface area contributed by atoms with E-state index in [2.05, 4.69) is 4.90 Å². The van der Waals surface area contributed by atoms with Crippen LogP contribution in [-0.2, 0) is 9.53 Å². The molecule has 2 aliphatic rings. The number of amides is 2. The van der Waals surface area contributed by atoms with Gasteiger partial charge in [-0.05, 0) is 30.7 Å². The van der Waals surface area contributed by atoms with Crippen molar-refractivity contribution >= 4 is 11.8 Å². The lowest BCUT2D eigenvalue weighted by atomic mass is 10.1. The van der Waals surface area contributed by atoms with Crippen molar-refractivity contribution in [2.75, 3.05) is 39.3 Å². The molecular formula is C21H24N4O3. The first-order valence-electron chi connectivity index (χ1n) is 9.59. The van der Waals surface area contributed by atoms with Crippen molar-refractivity contribution in [2.45, 2.75) is 12.5 Å². The molecule has 2 fully saturated rings. The molecule has 0 spiro atoms. The highest BCUT2D eigenvalue weighted by Crippen LogP contribution is 2.24. The minimum atomic E-state index is -0.447. The molecule has 0 radical (unpaired) electrons. The molecule has 1 aromatic heterocycles. The first-order chi connectivity index (χ1) is 13.6. The molecule has 2 aliphatic heterocycles. The maximum atomic E-state index is 12.2. The van der Waals surface area contributed by atoms with E-state index < -0.39 is 5.91 Å². The number of nitrogens with two attached hydrogens (primary N) is 1. The van der Waals surface area contributed by atoms with Crippen LogP contribution in [-0.4, -0.2) is 65.9 Å². The van der Waals surface area contributed by atoms with Gasteiger partial charge in [-0.1, -0.05) is 18.2 Å². The number of carbonyl (C=O) groups excluding carboxylic acids is 2. The number of carbonyl (C=O) groups is 2. The van der Waals surface area contributed by atoms with Gasteiger partial charge >= 0.3 is 0 Å². The summed E-state index contributed by atoms with van der Waals surface area (Å²) < 4.78 is 5.93. The Morgan fingerprint density at radius 2 is 1.89 bits per heavy atom. The molecule has 2 amide bonds. The minimum absolute atomic E-state index is 0.164. The maximum Gasteiger partial charge on any atom is 0.248 e. The second-order valence-corrected chi connectivity index (χ2v) is 7.22. The summed E-state index contributed by atoms with van der Waals surface area (Å²) in [7, 11) is 0. The summed E-state index contributed by atoms with van der Waals surface area (Å²) in [5.41, 5.74) is 8.34. The van der Waals surface area contributed by atoms with Gasteiger partial charge < -0.3 is 15.4 Å². The lowest BCUT2D eigenvalue weighted by molar-refractivity contribution is -0.137. The van der Waals surface area contributed by atoms with Crippen LogP contribution in [0.25, 0.3) is 11.3 Å². The van der Waals surface area contributed by atoms with Gasteiger partial charge in [-0.3, -0.25) is 19.5 Å². The van der Waals surface area contributed by atoms with Gasteiger partial charge in [0.25, 0.3) is 0 Å². The zero-order valence-electron chi connectivity index (χ0n) is 15.7. The largest absolute Gasteiger partial charge is 0.369 e. The summed E-state index contributed by atoms with van der Waals surface area (Å²) in [6.07, 6.45) is 0.942. The molecule has 0 saturated carbocycles.